The Bertz CT molecular complexity index is 141. The Kier molecular flexibility index (Phi) is 5.14. The summed E-state index contributed by atoms with van der Waals surface area (Å²) in [7, 11) is 2.20. The quantitative estimate of drug-likeness (QED) is 0.726. The summed E-state index contributed by atoms with van der Waals surface area (Å²) in [6, 6.07) is 1.40. The zero-order chi connectivity index (χ0) is 9.68. The van der Waals surface area contributed by atoms with E-state index in [1.165, 1.54) is 31.0 Å². The lowest BCUT2D eigenvalue weighted by molar-refractivity contribution is 0.390. The van der Waals surface area contributed by atoms with Crippen molar-refractivity contribution < 1.29 is 0 Å². The van der Waals surface area contributed by atoms with Gasteiger partial charge in [-0.15, -0.1) is 0 Å². The number of likely N-dealkylation sites (N-methyl/N-ethyl adjacent to an activating group) is 1. The molecule has 1 aliphatic heterocycles. The first-order chi connectivity index (χ1) is 6.22. The summed E-state index contributed by atoms with van der Waals surface area (Å²) in [5.41, 5.74) is 0. The molecule has 0 amide bonds. The van der Waals surface area contributed by atoms with Gasteiger partial charge in [-0.2, -0.15) is 11.8 Å². The number of nitrogens with zero attached hydrogens (tertiary/aromatic N) is 1. The molecule has 1 N–H and O–H groups in total. The molecular weight excluding hydrogens is 180 g/mol. The molecule has 13 heavy (non-hydrogen) atoms. The number of likely N-dealkylation sites (tertiary alicyclic amines) is 1. The Balaban J connectivity index is 2.09. The lowest BCUT2D eigenvalue weighted by atomic mass is 10.2. The van der Waals surface area contributed by atoms with Gasteiger partial charge >= 0.3 is 0 Å². The van der Waals surface area contributed by atoms with Crippen LogP contribution in [0.25, 0.3) is 0 Å². The molecule has 3 heteroatoms. The van der Waals surface area contributed by atoms with E-state index < -0.39 is 0 Å². The van der Waals surface area contributed by atoms with Crippen LogP contribution >= 0.6 is 11.8 Å². The second-order valence-electron chi connectivity index (χ2n) is 3.98. The van der Waals surface area contributed by atoms with Crippen LogP contribution in [0.2, 0.25) is 0 Å². The number of nitrogens with one attached hydrogen (secondary N) is 1. The van der Waals surface area contributed by atoms with Crippen molar-refractivity contribution in [3.63, 3.8) is 0 Å². The SMILES string of the molecule is CCSCC(C)NC1CCN(C)C1. The van der Waals surface area contributed by atoms with E-state index in [-0.39, 0.29) is 0 Å². The highest BCUT2D eigenvalue weighted by Gasteiger charge is 2.20. The van der Waals surface area contributed by atoms with Crippen molar-refractivity contribution in [2.24, 2.45) is 0 Å². The zero-order valence-corrected chi connectivity index (χ0v) is 9.86. The van der Waals surface area contributed by atoms with Crippen LogP contribution in [0.4, 0.5) is 0 Å². The van der Waals surface area contributed by atoms with Crippen molar-refractivity contribution in [2.75, 3.05) is 31.6 Å². The summed E-state index contributed by atoms with van der Waals surface area (Å²) in [4.78, 5) is 2.40. The van der Waals surface area contributed by atoms with Crippen LogP contribution < -0.4 is 5.32 Å². The molecule has 0 aliphatic carbocycles. The predicted octanol–water partition coefficient (Wildman–Crippen LogP) is 1.42. The van der Waals surface area contributed by atoms with Crippen molar-refractivity contribution in [3.8, 4) is 0 Å². The monoisotopic (exact) mass is 202 g/mol. The maximum Gasteiger partial charge on any atom is 0.0209 e. The number of rotatable bonds is 5. The van der Waals surface area contributed by atoms with Crippen molar-refractivity contribution in [2.45, 2.75) is 32.4 Å². The first-order valence-electron chi connectivity index (χ1n) is 5.24. The molecule has 0 radical (unpaired) electrons. The van der Waals surface area contributed by atoms with Gasteiger partial charge in [-0.3, -0.25) is 0 Å². The van der Waals surface area contributed by atoms with Crippen LogP contribution in [0.1, 0.15) is 20.3 Å². The Morgan fingerprint density at radius 2 is 2.38 bits per heavy atom. The maximum atomic E-state index is 3.68. The Hall–Kier alpha value is 0.270. The Labute approximate surface area is 86.5 Å². The molecule has 78 valence electrons. The summed E-state index contributed by atoms with van der Waals surface area (Å²) in [6.07, 6.45) is 1.32. The average Bonchev–Trinajstić information content (AvgIpc) is 2.48. The van der Waals surface area contributed by atoms with E-state index in [1.54, 1.807) is 0 Å². The third-order valence-corrected chi connectivity index (χ3v) is 3.63. The minimum atomic E-state index is 0.668. The van der Waals surface area contributed by atoms with Gasteiger partial charge in [0, 0.05) is 24.4 Å². The van der Waals surface area contributed by atoms with E-state index in [1.807, 2.05) is 11.8 Å². The van der Waals surface area contributed by atoms with Crippen LogP contribution in [0.15, 0.2) is 0 Å². The van der Waals surface area contributed by atoms with Crippen LogP contribution in [-0.4, -0.2) is 48.6 Å². The van der Waals surface area contributed by atoms with Crippen LogP contribution in [0.5, 0.6) is 0 Å². The van der Waals surface area contributed by atoms with E-state index in [0.717, 1.165) is 6.04 Å². The van der Waals surface area contributed by atoms with Crippen molar-refractivity contribution in [1.82, 2.24) is 10.2 Å². The summed E-state index contributed by atoms with van der Waals surface area (Å²) in [6.45, 7) is 6.99. The largest absolute Gasteiger partial charge is 0.309 e. The molecule has 0 aromatic carbocycles. The van der Waals surface area contributed by atoms with E-state index >= 15 is 0 Å². The smallest absolute Gasteiger partial charge is 0.0209 e. The molecule has 0 saturated carbocycles. The van der Waals surface area contributed by atoms with Gasteiger partial charge in [-0.05, 0) is 32.7 Å². The second-order valence-corrected chi connectivity index (χ2v) is 5.29. The summed E-state index contributed by atoms with van der Waals surface area (Å²) in [5, 5.41) is 3.68. The summed E-state index contributed by atoms with van der Waals surface area (Å²) < 4.78 is 0. The van der Waals surface area contributed by atoms with Gasteiger partial charge in [0.1, 0.15) is 0 Å². The Morgan fingerprint density at radius 3 is 2.92 bits per heavy atom. The lowest BCUT2D eigenvalue weighted by Crippen LogP contribution is -2.39. The molecule has 1 aliphatic rings. The van der Waals surface area contributed by atoms with E-state index in [9.17, 15) is 0 Å². The van der Waals surface area contributed by atoms with Gasteiger partial charge in [0.15, 0.2) is 0 Å². The fourth-order valence-electron chi connectivity index (χ4n) is 1.82. The molecule has 0 bridgehead atoms. The van der Waals surface area contributed by atoms with Gasteiger partial charge in [-0.25, -0.2) is 0 Å². The highest BCUT2D eigenvalue weighted by molar-refractivity contribution is 7.99. The topological polar surface area (TPSA) is 15.3 Å². The maximum absolute atomic E-state index is 3.68. The van der Waals surface area contributed by atoms with E-state index in [2.05, 4.69) is 31.1 Å². The number of hydrogen-bond donors (Lipinski definition) is 1. The minimum Gasteiger partial charge on any atom is -0.309 e. The van der Waals surface area contributed by atoms with Gasteiger partial charge in [0.25, 0.3) is 0 Å². The van der Waals surface area contributed by atoms with Crippen molar-refractivity contribution >= 4 is 11.8 Å². The third-order valence-electron chi connectivity index (χ3n) is 2.48. The Morgan fingerprint density at radius 1 is 1.62 bits per heavy atom. The average molecular weight is 202 g/mol. The molecule has 2 atom stereocenters. The van der Waals surface area contributed by atoms with Crippen molar-refractivity contribution in [3.05, 3.63) is 0 Å². The third kappa shape index (κ3) is 4.34. The fraction of sp³-hybridized carbons (Fsp3) is 1.00. The molecule has 1 fully saturated rings. The van der Waals surface area contributed by atoms with Gasteiger partial charge in [0.05, 0.1) is 0 Å². The molecule has 0 spiro atoms. The summed E-state index contributed by atoms with van der Waals surface area (Å²) in [5.74, 6) is 2.48. The molecule has 1 saturated heterocycles. The molecule has 1 rings (SSSR count). The predicted molar refractivity (Wildman–Crippen MR) is 61.5 cm³/mol. The molecule has 2 unspecified atom stereocenters. The van der Waals surface area contributed by atoms with Gasteiger partial charge in [0.2, 0.25) is 0 Å². The first-order valence-corrected chi connectivity index (χ1v) is 6.40. The van der Waals surface area contributed by atoms with E-state index in [0.29, 0.717) is 6.04 Å². The summed E-state index contributed by atoms with van der Waals surface area (Å²) >= 11 is 2.02. The second kappa shape index (κ2) is 5.89. The normalized spacial score (nSPS) is 26.5. The highest BCUT2D eigenvalue weighted by Crippen LogP contribution is 2.09. The molecule has 2 nitrogen and oxygen atoms in total. The zero-order valence-electron chi connectivity index (χ0n) is 9.05. The molecular formula is C10H22N2S. The van der Waals surface area contributed by atoms with Crippen molar-refractivity contribution in [1.29, 1.82) is 0 Å². The molecule has 0 aromatic rings. The lowest BCUT2D eigenvalue weighted by Gasteiger charge is -2.18. The highest BCUT2D eigenvalue weighted by atomic mass is 32.2. The van der Waals surface area contributed by atoms with Crippen LogP contribution in [0.3, 0.4) is 0 Å². The number of thioether (sulfide) groups is 1. The minimum absolute atomic E-state index is 0.668. The van der Waals surface area contributed by atoms with Gasteiger partial charge in [-0.1, -0.05) is 6.92 Å². The van der Waals surface area contributed by atoms with E-state index in [4.69, 9.17) is 0 Å². The molecule has 0 aromatic heterocycles. The molecule has 1 heterocycles. The fourth-order valence-corrected chi connectivity index (χ4v) is 2.50. The number of hydrogen-bond acceptors (Lipinski definition) is 3. The van der Waals surface area contributed by atoms with Gasteiger partial charge < -0.3 is 10.2 Å². The van der Waals surface area contributed by atoms with Crippen LogP contribution in [0, 0.1) is 0 Å². The van der Waals surface area contributed by atoms with Crippen LogP contribution in [-0.2, 0) is 0 Å². The standard InChI is InChI=1S/C10H22N2S/c1-4-13-8-9(2)11-10-5-6-12(3)7-10/h9-11H,4-8H2,1-3H3. The first kappa shape index (κ1) is 11.3.